The van der Waals surface area contributed by atoms with Crippen LogP contribution in [-0.2, 0) is 0 Å². The zero-order valence-corrected chi connectivity index (χ0v) is 11.5. The molecule has 2 N–H and O–H groups in total. The third-order valence-electron chi connectivity index (χ3n) is 3.82. The molecule has 1 saturated carbocycles. The Hall–Kier alpha value is -0.470. The molecular formula is C15H23NS. The van der Waals surface area contributed by atoms with Crippen molar-refractivity contribution in [2.45, 2.75) is 43.4 Å². The second-order valence-electron chi connectivity index (χ2n) is 4.88. The van der Waals surface area contributed by atoms with Gasteiger partial charge in [-0.3, -0.25) is 0 Å². The maximum atomic E-state index is 5.76. The first-order valence-electron chi connectivity index (χ1n) is 6.78. The van der Waals surface area contributed by atoms with Crippen LogP contribution < -0.4 is 5.73 Å². The molecule has 0 amide bonds. The van der Waals surface area contributed by atoms with E-state index in [1.54, 1.807) is 0 Å². The zero-order chi connectivity index (χ0) is 12.1. The van der Waals surface area contributed by atoms with Crippen LogP contribution in [0.2, 0.25) is 0 Å². The van der Waals surface area contributed by atoms with Gasteiger partial charge in [-0.1, -0.05) is 25.5 Å². The highest BCUT2D eigenvalue weighted by atomic mass is 32.2. The largest absolute Gasteiger partial charge is 0.330 e. The maximum Gasteiger partial charge on any atom is 0.00720 e. The lowest BCUT2D eigenvalue weighted by molar-refractivity contribution is 0.253. The summed E-state index contributed by atoms with van der Waals surface area (Å²) in [6.07, 6.45) is 5.35. The second-order valence-corrected chi connectivity index (χ2v) is 6.21. The first-order chi connectivity index (χ1) is 8.35. The van der Waals surface area contributed by atoms with E-state index in [0.717, 1.165) is 24.6 Å². The van der Waals surface area contributed by atoms with Crippen molar-refractivity contribution in [3.05, 3.63) is 29.8 Å². The lowest BCUT2D eigenvalue weighted by atomic mass is 9.72. The Balaban J connectivity index is 2.06. The maximum absolute atomic E-state index is 5.76. The predicted octanol–water partition coefficient (Wildman–Crippen LogP) is 4.03. The van der Waals surface area contributed by atoms with E-state index in [4.69, 9.17) is 5.73 Å². The van der Waals surface area contributed by atoms with Crippen LogP contribution in [0.5, 0.6) is 0 Å². The van der Waals surface area contributed by atoms with Crippen LogP contribution in [0, 0.1) is 5.92 Å². The summed E-state index contributed by atoms with van der Waals surface area (Å²) in [5.41, 5.74) is 7.26. The van der Waals surface area contributed by atoms with Crippen molar-refractivity contribution in [1.29, 1.82) is 0 Å². The zero-order valence-electron chi connectivity index (χ0n) is 10.7. The fourth-order valence-corrected chi connectivity index (χ4v) is 3.34. The smallest absolute Gasteiger partial charge is 0.00720 e. The summed E-state index contributed by atoms with van der Waals surface area (Å²) >= 11 is 1.91. The number of hydrogen-bond acceptors (Lipinski definition) is 2. The van der Waals surface area contributed by atoms with Crippen LogP contribution in [0.1, 0.15) is 44.1 Å². The first kappa shape index (κ1) is 13.0. The van der Waals surface area contributed by atoms with Gasteiger partial charge in [0.15, 0.2) is 0 Å². The molecule has 0 bridgehead atoms. The van der Waals surface area contributed by atoms with Crippen molar-refractivity contribution in [3.63, 3.8) is 0 Å². The Morgan fingerprint density at radius 3 is 2.47 bits per heavy atom. The second kappa shape index (κ2) is 6.46. The SMILES string of the molecule is CCSc1ccc(C(CCN)C2CCC2)cc1. The number of nitrogens with two attached hydrogens (primary N) is 1. The highest BCUT2D eigenvalue weighted by Crippen LogP contribution is 2.41. The van der Waals surface area contributed by atoms with Gasteiger partial charge in [0.1, 0.15) is 0 Å². The highest BCUT2D eigenvalue weighted by Gasteiger charge is 2.27. The number of benzene rings is 1. The minimum Gasteiger partial charge on any atom is -0.330 e. The molecule has 1 fully saturated rings. The minimum absolute atomic E-state index is 0.703. The van der Waals surface area contributed by atoms with Gasteiger partial charge in [0.05, 0.1) is 0 Å². The molecule has 1 aromatic rings. The first-order valence-corrected chi connectivity index (χ1v) is 7.76. The van der Waals surface area contributed by atoms with Gasteiger partial charge in [0.25, 0.3) is 0 Å². The fourth-order valence-electron chi connectivity index (χ4n) is 2.67. The van der Waals surface area contributed by atoms with E-state index in [9.17, 15) is 0 Å². The van der Waals surface area contributed by atoms with Crippen molar-refractivity contribution >= 4 is 11.8 Å². The lowest BCUT2D eigenvalue weighted by Gasteiger charge is -2.34. The molecule has 0 saturated heterocycles. The molecule has 1 unspecified atom stereocenters. The summed E-state index contributed by atoms with van der Waals surface area (Å²) in [6, 6.07) is 9.17. The van der Waals surface area contributed by atoms with Crippen LogP contribution in [0.15, 0.2) is 29.2 Å². The molecule has 1 aliphatic carbocycles. The van der Waals surface area contributed by atoms with Gasteiger partial charge < -0.3 is 5.73 Å². The molecule has 0 heterocycles. The van der Waals surface area contributed by atoms with Crippen molar-refractivity contribution in [2.24, 2.45) is 11.7 Å². The summed E-state index contributed by atoms with van der Waals surface area (Å²) in [6.45, 7) is 3.01. The lowest BCUT2D eigenvalue weighted by Crippen LogP contribution is -2.22. The average Bonchev–Trinajstić information content (AvgIpc) is 2.28. The molecule has 1 nitrogen and oxygen atoms in total. The van der Waals surface area contributed by atoms with Crippen molar-refractivity contribution in [3.8, 4) is 0 Å². The summed E-state index contributed by atoms with van der Waals surface area (Å²) in [5, 5.41) is 0. The van der Waals surface area contributed by atoms with E-state index in [2.05, 4.69) is 31.2 Å². The third kappa shape index (κ3) is 3.26. The number of hydrogen-bond donors (Lipinski definition) is 1. The third-order valence-corrected chi connectivity index (χ3v) is 4.71. The van der Waals surface area contributed by atoms with Crippen LogP contribution in [-0.4, -0.2) is 12.3 Å². The predicted molar refractivity (Wildman–Crippen MR) is 76.6 cm³/mol. The molecule has 0 spiro atoms. The molecule has 0 radical (unpaired) electrons. The van der Waals surface area contributed by atoms with E-state index in [1.807, 2.05) is 11.8 Å². The van der Waals surface area contributed by atoms with E-state index in [0.29, 0.717) is 5.92 Å². The molecule has 0 aliphatic heterocycles. The standard InChI is InChI=1S/C15H23NS/c1-2-17-14-8-6-13(7-9-14)15(10-11-16)12-4-3-5-12/h6-9,12,15H,2-5,10-11,16H2,1H3. The Bertz CT molecular complexity index is 329. The summed E-state index contributed by atoms with van der Waals surface area (Å²) in [7, 11) is 0. The van der Waals surface area contributed by atoms with Gasteiger partial charge in [-0.2, -0.15) is 0 Å². The Morgan fingerprint density at radius 1 is 1.29 bits per heavy atom. The van der Waals surface area contributed by atoms with Crippen molar-refractivity contribution in [2.75, 3.05) is 12.3 Å². The summed E-state index contributed by atoms with van der Waals surface area (Å²) < 4.78 is 0. The molecule has 2 rings (SSSR count). The van der Waals surface area contributed by atoms with E-state index < -0.39 is 0 Å². The van der Waals surface area contributed by atoms with Gasteiger partial charge in [-0.25, -0.2) is 0 Å². The highest BCUT2D eigenvalue weighted by molar-refractivity contribution is 7.99. The minimum atomic E-state index is 0.703. The van der Waals surface area contributed by atoms with Gasteiger partial charge >= 0.3 is 0 Å². The Kier molecular flexibility index (Phi) is 4.93. The molecule has 1 aliphatic rings. The van der Waals surface area contributed by atoms with E-state index in [-0.39, 0.29) is 0 Å². The monoisotopic (exact) mass is 249 g/mol. The van der Waals surface area contributed by atoms with Crippen LogP contribution in [0.4, 0.5) is 0 Å². The fraction of sp³-hybridized carbons (Fsp3) is 0.600. The molecular weight excluding hydrogens is 226 g/mol. The van der Waals surface area contributed by atoms with Crippen molar-refractivity contribution in [1.82, 2.24) is 0 Å². The van der Waals surface area contributed by atoms with Gasteiger partial charge in [-0.15, -0.1) is 11.8 Å². The van der Waals surface area contributed by atoms with E-state index >= 15 is 0 Å². The summed E-state index contributed by atoms with van der Waals surface area (Å²) in [5.74, 6) is 2.74. The Morgan fingerprint density at radius 2 is 2.00 bits per heavy atom. The molecule has 17 heavy (non-hydrogen) atoms. The van der Waals surface area contributed by atoms with Crippen LogP contribution >= 0.6 is 11.8 Å². The van der Waals surface area contributed by atoms with Crippen molar-refractivity contribution < 1.29 is 0 Å². The van der Waals surface area contributed by atoms with Gasteiger partial charge in [-0.05, 0) is 61.1 Å². The quantitative estimate of drug-likeness (QED) is 0.770. The van der Waals surface area contributed by atoms with E-state index in [1.165, 1.54) is 29.7 Å². The van der Waals surface area contributed by atoms with Crippen LogP contribution in [0.3, 0.4) is 0 Å². The normalized spacial score (nSPS) is 17.8. The number of thioether (sulfide) groups is 1. The molecule has 2 heteroatoms. The summed E-state index contributed by atoms with van der Waals surface area (Å²) in [4.78, 5) is 1.39. The molecule has 94 valence electrons. The van der Waals surface area contributed by atoms with Gasteiger partial charge in [0.2, 0.25) is 0 Å². The molecule has 1 atom stereocenters. The number of rotatable bonds is 6. The van der Waals surface area contributed by atoms with Gasteiger partial charge in [0, 0.05) is 4.90 Å². The van der Waals surface area contributed by atoms with Crippen LogP contribution in [0.25, 0.3) is 0 Å². The topological polar surface area (TPSA) is 26.0 Å². The molecule has 0 aromatic heterocycles. The molecule has 1 aromatic carbocycles. The Labute approximate surface area is 109 Å². The average molecular weight is 249 g/mol.